The molecule has 0 saturated heterocycles. The van der Waals surface area contributed by atoms with Crippen molar-refractivity contribution in [3.05, 3.63) is 70.3 Å². The zero-order valence-electron chi connectivity index (χ0n) is 11.3. The second kappa shape index (κ2) is 6.38. The lowest BCUT2D eigenvalue weighted by Gasteiger charge is -2.04. The molecule has 0 saturated carbocycles. The third-order valence-electron chi connectivity index (χ3n) is 3.02. The summed E-state index contributed by atoms with van der Waals surface area (Å²) in [4.78, 5) is 4.38. The van der Waals surface area contributed by atoms with Gasteiger partial charge < -0.3 is 9.73 Å². The maximum absolute atomic E-state index is 13.1. The van der Waals surface area contributed by atoms with Crippen molar-refractivity contribution in [1.29, 1.82) is 0 Å². The molecule has 0 unspecified atom stereocenters. The number of oxazole rings is 1. The maximum atomic E-state index is 13.1. The zero-order chi connectivity index (χ0) is 15.5. The molecular weight excluding hydrogens is 326 g/mol. The Bertz CT molecular complexity index is 804. The van der Waals surface area contributed by atoms with Gasteiger partial charge in [0.1, 0.15) is 12.1 Å². The van der Waals surface area contributed by atoms with Gasteiger partial charge in [-0.1, -0.05) is 29.3 Å². The molecule has 0 fully saturated rings. The molecule has 1 aromatic heterocycles. The first-order chi connectivity index (χ1) is 10.6. The second-order valence-corrected chi connectivity index (χ2v) is 5.48. The summed E-state index contributed by atoms with van der Waals surface area (Å²) in [6.07, 6.45) is 1.56. The minimum absolute atomic E-state index is 0.0739. The van der Waals surface area contributed by atoms with Crippen molar-refractivity contribution in [2.75, 3.05) is 5.32 Å². The van der Waals surface area contributed by atoms with Crippen LogP contribution in [0.2, 0.25) is 10.0 Å². The highest BCUT2D eigenvalue weighted by molar-refractivity contribution is 6.31. The van der Waals surface area contributed by atoms with E-state index in [-0.39, 0.29) is 5.02 Å². The van der Waals surface area contributed by atoms with Crippen LogP contribution < -0.4 is 5.32 Å². The predicted octanol–water partition coefficient (Wildman–Crippen LogP) is 5.40. The molecule has 0 radical (unpaired) electrons. The number of benzene rings is 2. The Morgan fingerprint density at radius 2 is 2.00 bits per heavy atom. The summed E-state index contributed by atoms with van der Waals surface area (Å²) < 4.78 is 18.5. The van der Waals surface area contributed by atoms with E-state index in [1.54, 1.807) is 24.5 Å². The molecule has 0 aliphatic carbocycles. The van der Waals surface area contributed by atoms with Gasteiger partial charge in [0.25, 0.3) is 0 Å². The minimum atomic E-state index is -0.447. The highest BCUT2D eigenvalue weighted by atomic mass is 35.5. The van der Waals surface area contributed by atoms with E-state index in [1.807, 2.05) is 12.1 Å². The summed E-state index contributed by atoms with van der Waals surface area (Å²) in [5.41, 5.74) is 2.23. The number of rotatable bonds is 4. The number of halogens is 3. The number of nitrogens with zero attached hydrogens (tertiary/aromatic N) is 1. The van der Waals surface area contributed by atoms with Crippen molar-refractivity contribution in [2.24, 2.45) is 0 Å². The van der Waals surface area contributed by atoms with E-state index in [4.69, 9.17) is 27.6 Å². The van der Waals surface area contributed by atoms with Gasteiger partial charge in [-0.15, -0.1) is 0 Å². The topological polar surface area (TPSA) is 38.1 Å². The summed E-state index contributed by atoms with van der Waals surface area (Å²) in [6.45, 7) is 0.437. The first-order valence-corrected chi connectivity index (χ1v) is 7.27. The van der Waals surface area contributed by atoms with E-state index < -0.39 is 5.82 Å². The molecule has 1 N–H and O–H groups in total. The first kappa shape index (κ1) is 14.9. The average molecular weight is 337 g/mol. The minimum Gasteiger partial charge on any atom is -0.444 e. The highest BCUT2D eigenvalue weighted by Crippen LogP contribution is 2.23. The molecule has 3 aromatic rings. The van der Waals surface area contributed by atoms with Gasteiger partial charge in [0.15, 0.2) is 0 Å². The molecule has 3 nitrogen and oxygen atoms in total. The van der Waals surface area contributed by atoms with Crippen molar-refractivity contribution in [3.63, 3.8) is 0 Å². The van der Waals surface area contributed by atoms with Gasteiger partial charge >= 0.3 is 0 Å². The van der Waals surface area contributed by atoms with E-state index in [9.17, 15) is 4.39 Å². The van der Waals surface area contributed by atoms with Crippen LogP contribution >= 0.6 is 23.2 Å². The Morgan fingerprint density at radius 1 is 1.14 bits per heavy atom. The highest BCUT2D eigenvalue weighted by Gasteiger charge is 2.07. The van der Waals surface area contributed by atoms with Crippen LogP contribution in [0.15, 0.2) is 53.1 Å². The van der Waals surface area contributed by atoms with E-state index in [2.05, 4.69) is 10.3 Å². The van der Waals surface area contributed by atoms with Crippen molar-refractivity contribution in [1.82, 2.24) is 4.98 Å². The summed E-state index contributed by atoms with van der Waals surface area (Å²) >= 11 is 11.7. The van der Waals surface area contributed by atoms with Crippen LogP contribution in [0.3, 0.4) is 0 Å². The molecule has 112 valence electrons. The number of hydrogen-bond acceptors (Lipinski definition) is 3. The van der Waals surface area contributed by atoms with E-state index in [1.165, 1.54) is 12.1 Å². The van der Waals surface area contributed by atoms with Crippen LogP contribution in [0.4, 0.5) is 10.1 Å². The Hall–Kier alpha value is -2.04. The standard InChI is InChI=1S/C16H11Cl2FN2O/c17-11-3-1-2-10(6-11)16-21-13(9-22-16)8-20-12-4-5-15(19)14(18)7-12/h1-7,9,20H,8H2. The Labute approximate surface area is 136 Å². The van der Waals surface area contributed by atoms with Crippen molar-refractivity contribution < 1.29 is 8.81 Å². The predicted molar refractivity (Wildman–Crippen MR) is 85.7 cm³/mol. The van der Waals surface area contributed by atoms with Crippen LogP contribution in [-0.2, 0) is 6.54 Å². The van der Waals surface area contributed by atoms with Crippen LogP contribution in [0.25, 0.3) is 11.5 Å². The largest absolute Gasteiger partial charge is 0.444 e. The van der Waals surface area contributed by atoms with Crippen LogP contribution in [0, 0.1) is 5.82 Å². The molecule has 22 heavy (non-hydrogen) atoms. The summed E-state index contributed by atoms with van der Waals surface area (Å²) in [5.74, 6) is 0.0494. The van der Waals surface area contributed by atoms with Gasteiger partial charge in [0, 0.05) is 16.3 Å². The quantitative estimate of drug-likeness (QED) is 0.693. The van der Waals surface area contributed by atoms with E-state index >= 15 is 0 Å². The molecule has 3 rings (SSSR count). The van der Waals surface area contributed by atoms with E-state index in [0.29, 0.717) is 23.1 Å². The van der Waals surface area contributed by atoms with Gasteiger partial charge in [-0.25, -0.2) is 9.37 Å². The van der Waals surface area contributed by atoms with Gasteiger partial charge in [0.2, 0.25) is 5.89 Å². The lowest BCUT2D eigenvalue weighted by molar-refractivity contribution is 0.573. The lowest BCUT2D eigenvalue weighted by atomic mass is 10.2. The molecule has 0 spiro atoms. The molecular formula is C16H11Cl2FN2O. The zero-order valence-corrected chi connectivity index (χ0v) is 12.8. The Balaban J connectivity index is 1.70. The molecule has 1 heterocycles. The summed E-state index contributed by atoms with van der Waals surface area (Å²) in [5, 5.41) is 3.80. The number of hydrogen-bond donors (Lipinski definition) is 1. The molecule has 0 atom stereocenters. The third kappa shape index (κ3) is 3.40. The summed E-state index contributed by atoms with van der Waals surface area (Å²) in [6, 6.07) is 11.7. The van der Waals surface area contributed by atoms with E-state index in [0.717, 1.165) is 11.3 Å². The fourth-order valence-corrected chi connectivity index (χ4v) is 2.31. The SMILES string of the molecule is Fc1ccc(NCc2coc(-c3cccc(Cl)c3)n2)cc1Cl. The van der Waals surface area contributed by atoms with Gasteiger partial charge in [-0.3, -0.25) is 0 Å². The molecule has 6 heteroatoms. The molecule has 0 amide bonds. The van der Waals surface area contributed by atoms with Crippen molar-refractivity contribution >= 4 is 28.9 Å². The molecule has 0 bridgehead atoms. The van der Waals surface area contributed by atoms with Gasteiger partial charge in [-0.05, 0) is 36.4 Å². The van der Waals surface area contributed by atoms with Crippen LogP contribution in [0.5, 0.6) is 0 Å². The monoisotopic (exact) mass is 336 g/mol. The number of nitrogens with one attached hydrogen (secondary N) is 1. The molecule has 0 aliphatic heterocycles. The Kier molecular flexibility index (Phi) is 4.32. The normalized spacial score (nSPS) is 10.7. The van der Waals surface area contributed by atoms with Gasteiger partial charge in [-0.2, -0.15) is 0 Å². The number of aromatic nitrogens is 1. The summed E-state index contributed by atoms with van der Waals surface area (Å²) in [7, 11) is 0. The third-order valence-corrected chi connectivity index (χ3v) is 3.54. The fourth-order valence-electron chi connectivity index (χ4n) is 1.94. The Morgan fingerprint density at radius 3 is 2.77 bits per heavy atom. The van der Waals surface area contributed by atoms with Crippen molar-refractivity contribution in [2.45, 2.75) is 6.54 Å². The second-order valence-electron chi connectivity index (χ2n) is 4.64. The first-order valence-electron chi connectivity index (χ1n) is 6.51. The van der Waals surface area contributed by atoms with Crippen molar-refractivity contribution in [3.8, 4) is 11.5 Å². The fraction of sp³-hybridized carbons (Fsp3) is 0.0625. The number of anilines is 1. The van der Waals surface area contributed by atoms with Crippen LogP contribution in [-0.4, -0.2) is 4.98 Å². The smallest absolute Gasteiger partial charge is 0.226 e. The van der Waals surface area contributed by atoms with Crippen LogP contribution in [0.1, 0.15) is 5.69 Å². The average Bonchev–Trinajstić information content (AvgIpc) is 2.97. The van der Waals surface area contributed by atoms with Gasteiger partial charge in [0.05, 0.1) is 17.3 Å². The lowest BCUT2D eigenvalue weighted by Crippen LogP contribution is -1.99. The molecule has 2 aromatic carbocycles. The molecule has 0 aliphatic rings. The maximum Gasteiger partial charge on any atom is 0.226 e.